The molecule has 8 heteroatoms. The molecule has 44 heavy (non-hydrogen) atoms. The Morgan fingerprint density at radius 1 is 0.886 bits per heavy atom. The van der Waals surface area contributed by atoms with E-state index in [0.29, 0.717) is 43.3 Å². The molecule has 8 nitrogen and oxygen atoms in total. The average molecular weight is 625 g/mol. The zero-order valence-corrected chi connectivity index (χ0v) is 30.1. The van der Waals surface area contributed by atoms with Crippen molar-refractivity contribution in [2.24, 2.45) is 5.92 Å². The molecule has 0 radical (unpaired) electrons. The Morgan fingerprint density at radius 2 is 1.45 bits per heavy atom. The summed E-state index contributed by atoms with van der Waals surface area (Å²) in [5.41, 5.74) is -1.78. The Hall–Kier alpha value is -1.29. The van der Waals surface area contributed by atoms with Gasteiger partial charge in [0.25, 0.3) is 0 Å². The summed E-state index contributed by atoms with van der Waals surface area (Å²) in [5, 5.41) is 10.9. The zero-order chi connectivity index (χ0) is 33.8. The molecule has 2 aliphatic carbocycles. The van der Waals surface area contributed by atoms with Crippen LogP contribution >= 0.6 is 0 Å². The van der Waals surface area contributed by atoms with Gasteiger partial charge in [-0.2, -0.15) is 0 Å². The molecule has 0 spiro atoms. The molecule has 0 aliphatic heterocycles. The highest BCUT2D eigenvalue weighted by Gasteiger charge is 2.54. The number of carbonyl (C=O) groups excluding carboxylic acids is 1. The fourth-order valence-electron chi connectivity index (χ4n) is 6.63. The number of aliphatic hydroxyl groups is 1. The highest BCUT2D eigenvalue weighted by Crippen LogP contribution is 2.47. The van der Waals surface area contributed by atoms with Gasteiger partial charge in [0, 0.05) is 18.4 Å². The molecule has 8 atom stereocenters. The van der Waals surface area contributed by atoms with Gasteiger partial charge in [-0.15, -0.1) is 0 Å². The molecule has 0 aromatic rings. The minimum absolute atomic E-state index is 0.0333. The number of carbonyl (C=O) groups is 1. The lowest BCUT2D eigenvalue weighted by atomic mass is 9.68. The van der Waals surface area contributed by atoms with E-state index in [1.165, 1.54) is 0 Å². The highest BCUT2D eigenvalue weighted by atomic mass is 16.6. The largest absolute Gasteiger partial charge is 0.453 e. The third kappa shape index (κ3) is 11.2. The molecule has 2 fully saturated rings. The summed E-state index contributed by atoms with van der Waals surface area (Å²) in [7, 11) is 0. The summed E-state index contributed by atoms with van der Waals surface area (Å²) < 4.78 is 38.8. The lowest BCUT2D eigenvalue weighted by Gasteiger charge is -2.53. The van der Waals surface area contributed by atoms with Gasteiger partial charge in [0.1, 0.15) is 11.7 Å². The van der Waals surface area contributed by atoms with Crippen molar-refractivity contribution in [2.45, 2.75) is 194 Å². The molecule has 2 rings (SSSR count). The molecular weight excluding hydrogens is 560 g/mol. The molecule has 8 unspecified atom stereocenters. The van der Waals surface area contributed by atoms with Crippen molar-refractivity contribution in [3.05, 3.63) is 24.3 Å². The quantitative estimate of drug-likeness (QED) is 0.0922. The minimum Gasteiger partial charge on any atom is -0.453 e. The minimum atomic E-state index is -1.13. The summed E-state index contributed by atoms with van der Waals surface area (Å²) in [4.78, 5) is 12.8. The molecule has 2 aliphatic rings. The topological polar surface area (TPSA) is 92.7 Å². The molecule has 0 amide bonds. The molecule has 256 valence electrons. The highest BCUT2D eigenvalue weighted by molar-refractivity contribution is 5.87. The van der Waals surface area contributed by atoms with E-state index < -0.39 is 35.2 Å². The fourth-order valence-corrected chi connectivity index (χ4v) is 6.63. The van der Waals surface area contributed by atoms with Crippen LogP contribution in [0.1, 0.15) is 129 Å². The van der Waals surface area contributed by atoms with Crippen LogP contribution < -0.4 is 0 Å². The second-order valence-corrected chi connectivity index (χ2v) is 15.8. The van der Waals surface area contributed by atoms with Crippen molar-refractivity contribution in [1.29, 1.82) is 0 Å². The number of aliphatic hydroxyl groups excluding tert-OH is 1. The van der Waals surface area contributed by atoms with Crippen molar-refractivity contribution in [3.8, 4) is 0 Å². The molecule has 1 N–H and O–H groups in total. The SMILES string of the molecule is C=C(C)C(=O)OC1(C)CCC(OC(C)(C)C)CC1OC(C)(C)CC1CC(OC(C)C)CC(OC(C)C)C1(C)OC(O)C(=C)C. The Morgan fingerprint density at radius 3 is 1.95 bits per heavy atom. The molecule has 0 heterocycles. The van der Waals surface area contributed by atoms with Crippen LogP contribution in [-0.4, -0.2) is 76.4 Å². The lowest BCUT2D eigenvalue weighted by molar-refractivity contribution is -0.272. The maximum Gasteiger partial charge on any atom is 0.333 e. The summed E-state index contributed by atoms with van der Waals surface area (Å²) in [5.74, 6) is -0.513. The number of hydrogen-bond donors (Lipinski definition) is 1. The second kappa shape index (κ2) is 15.1. The van der Waals surface area contributed by atoms with Gasteiger partial charge < -0.3 is 33.5 Å². The second-order valence-electron chi connectivity index (χ2n) is 15.8. The van der Waals surface area contributed by atoms with Crippen molar-refractivity contribution >= 4 is 5.97 Å². The van der Waals surface area contributed by atoms with E-state index in [1.807, 2.05) is 41.5 Å². The molecule has 0 aromatic carbocycles. The molecular formula is C36H64O8. The number of hydrogen-bond acceptors (Lipinski definition) is 8. The smallest absolute Gasteiger partial charge is 0.333 e. The molecule has 0 bridgehead atoms. The van der Waals surface area contributed by atoms with E-state index in [-0.39, 0.29) is 42.0 Å². The van der Waals surface area contributed by atoms with Gasteiger partial charge in [0.15, 0.2) is 6.29 Å². The number of ether oxygens (including phenoxy) is 6. The van der Waals surface area contributed by atoms with Crippen LogP contribution in [0.25, 0.3) is 0 Å². The van der Waals surface area contributed by atoms with Crippen LogP contribution in [0.2, 0.25) is 0 Å². The Balaban J connectivity index is 2.46. The third-order valence-electron chi connectivity index (χ3n) is 8.68. The molecule has 0 saturated heterocycles. The van der Waals surface area contributed by atoms with Gasteiger partial charge in [-0.1, -0.05) is 13.2 Å². The standard InChI is InChI=1S/C36H64O8/c1-22(2)31(37)43-35(14)17-16-27(41-33(9,10)11)19-29(35)42-34(12,13)21-26-18-28(39-24(5)6)20-30(40-25(7)8)36(26,15)44-32(38)23(3)4/h24-30,32,38H,1,3,16-21H2,2,4-15H3. The molecule has 0 aromatic heterocycles. The maximum absolute atomic E-state index is 12.8. The Bertz CT molecular complexity index is 981. The van der Waals surface area contributed by atoms with Gasteiger partial charge in [0.05, 0.1) is 47.3 Å². The van der Waals surface area contributed by atoms with E-state index >= 15 is 0 Å². The summed E-state index contributed by atoms with van der Waals surface area (Å²) in [6, 6.07) is 0. The fraction of sp³-hybridized carbons (Fsp3) is 0.861. The summed E-state index contributed by atoms with van der Waals surface area (Å²) in [6.45, 7) is 33.5. The normalized spacial score (nSPS) is 32.5. The van der Waals surface area contributed by atoms with Crippen molar-refractivity contribution < 1.29 is 38.3 Å². The van der Waals surface area contributed by atoms with Crippen molar-refractivity contribution in [3.63, 3.8) is 0 Å². The van der Waals surface area contributed by atoms with E-state index in [2.05, 4.69) is 47.8 Å². The number of rotatable bonds is 14. The van der Waals surface area contributed by atoms with E-state index in [9.17, 15) is 9.90 Å². The van der Waals surface area contributed by atoms with Crippen LogP contribution in [0.5, 0.6) is 0 Å². The predicted octanol–water partition coefficient (Wildman–Crippen LogP) is 7.45. The van der Waals surface area contributed by atoms with Gasteiger partial charge >= 0.3 is 5.97 Å². The monoisotopic (exact) mass is 624 g/mol. The van der Waals surface area contributed by atoms with Crippen LogP contribution in [-0.2, 0) is 33.2 Å². The van der Waals surface area contributed by atoms with Gasteiger partial charge in [-0.3, -0.25) is 0 Å². The van der Waals surface area contributed by atoms with E-state index in [0.717, 1.165) is 6.42 Å². The van der Waals surface area contributed by atoms with Crippen LogP contribution in [0.4, 0.5) is 0 Å². The first-order valence-electron chi connectivity index (χ1n) is 16.5. The maximum atomic E-state index is 12.8. The first-order chi connectivity index (χ1) is 20.0. The van der Waals surface area contributed by atoms with Gasteiger partial charge in [-0.05, 0) is 127 Å². The average Bonchev–Trinajstić information content (AvgIpc) is 2.82. The first-order valence-corrected chi connectivity index (χ1v) is 16.5. The van der Waals surface area contributed by atoms with Crippen molar-refractivity contribution in [1.82, 2.24) is 0 Å². The Labute approximate surface area is 268 Å². The molecule has 2 saturated carbocycles. The number of esters is 1. The predicted molar refractivity (Wildman–Crippen MR) is 174 cm³/mol. The van der Waals surface area contributed by atoms with Gasteiger partial charge in [0.2, 0.25) is 0 Å². The van der Waals surface area contributed by atoms with E-state index in [4.69, 9.17) is 28.4 Å². The zero-order valence-electron chi connectivity index (χ0n) is 30.1. The van der Waals surface area contributed by atoms with E-state index in [1.54, 1.807) is 13.8 Å². The Kier molecular flexibility index (Phi) is 13.3. The first kappa shape index (κ1) is 38.9. The van der Waals surface area contributed by atoms with Crippen LogP contribution in [0.15, 0.2) is 24.3 Å². The van der Waals surface area contributed by atoms with Crippen molar-refractivity contribution in [2.75, 3.05) is 0 Å². The van der Waals surface area contributed by atoms with Crippen LogP contribution in [0, 0.1) is 5.92 Å². The lowest BCUT2D eigenvalue weighted by Crippen LogP contribution is -2.60. The third-order valence-corrected chi connectivity index (χ3v) is 8.68. The summed E-state index contributed by atoms with van der Waals surface area (Å²) in [6.07, 6.45) is 1.98. The summed E-state index contributed by atoms with van der Waals surface area (Å²) >= 11 is 0. The van der Waals surface area contributed by atoms with Gasteiger partial charge in [-0.25, -0.2) is 4.79 Å². The van der Waals surface area contributed by atoms with Crippen LogP contribution in [0.3, 0.4) is 0 Å².